The first-order valence-corrected chi connectivity index (χ1v) is 5.55. The number of aryl methyl sites for hydroxylation is 1. The average Bonchev–Trinajstić information content (AvgIpc) is 2.80. The maximum absolute atomic E-state index is 5.60. The van der Waals surface area contributed by atoms with Crippen LogP contribution < -0.4 is 10.1 Å². The van der Waals surface area contributed by atoms with E-state index in [1.165, 1.54) is 12.8 Å². The lowest BCUT2D eigenvalue weighted by Gasteiger charge is -2.11. The first-order chi connectivity index (χ1) is 7.38. The highest BCUT2D eigenvalue weighted by Gasteiger charge is 2.14. The zero-order chi connectivity index (χ0) is 10.5. The van der Waals surface area contributed by atoms with Gasteiger partial charge in [0.2, 0.25) is 0 Å². The third kappa shape index (κ3) is 2.89. The minimum Gasteiger partial charge on any atom is -0.489 e. The van der Waals surface area contributed by atoms with E-state index >= 15 is 0 Å². The topological polar surface area (TPSA) is 47.0 Å². The van der Waals surface area contributed by atoms with Crippen molar-refractivity contribution in [3.63, 3.8) is 0 Å². The highest BCUT2D eigenvalue weighted by Crippen LogP contribution is 2.10. The summed E-state index contributed by atoms with van der Waals surface area (Å²) in [5, 5.41) is 3.38. The van der Waals surface area contributed by atoms with Crippen LogP contribution in [0.4, 0.5) is 0 Å². The second kappa shape index (κ2) is 5.07. The molecule has 0 aliphatic carbocycles. The number of nitrogens with one attached hydrogen (secondary N) is 1. The summed E-state index contributed by atoms with van der Waals surface area (Å²) >= 11 is 0. The molecule has 1 fully saturated rings. The van der Waals surface area contributed by atoms with E-state index in [1.54, 1.807) is 12.4 Å². The molecule has 1 saturated heterocycles. The Balaban J connectivity index is 1.82. The van der Waals surface area contributed by atoms with Gasteiger partial charge in [-0.3, -0.25) is 0 Å². The van der Waals surface area contributed by atoms with E-state index in [-0.39, 0.29) is 0 Å². The summed E-state index contributed by atoms with van der Waals surface area (Å²) in [6.45, 7) is 3.87. The van der Waals surface area contributed by atoms with E-state index in [9.17, 15) is 0 Å². The van der Waals surface area contributed by atoms with Crippen molar-refractivity contribution >= 4 is 0 Å². The van der Waals surface area contributed by atoms with Crippen molar-refractivity contribution in [1.29, 1.82) is 0 Å². The smallest absolute Gasteiger partial charge is 0.155 e. The Morgan fingerprint density at radius 1 is 1.47 bits per heavy atom. The van der Waals surface area contributed by atoms with Crippen LogP contribution in [-0.4, -0.2) is 29.2 Å². The summed E-state index contributed by atoms with van der Waals surface area (Å²) < 4.78 is 5.60. The van der Waals surface area contributed by atoms with Gasteiger partial charge in [-0.05, 0) is 19.4 Å². The first kappa shape index (κ1) is 10.4. The van der Waals surface area contributed by atoms with E-state index in [1.807, 2.05) is 6.92 Å². The van der Waals surface area contributed by atoms with Gasteiger partial charge in [0.05, 0.1) is 12.4 Å². The largest absolute Gasteiger partial charge is 0.489 e. The van der Waals surface area contributed by atoms with Crippen LogP contribution in [0.2, 0.25) is 0 Å². The molecule has 1 aromatic heterocycles. The zero-order valence-electron chi connectivity index (χ0n) is 9.07. The predicted molar refractivity (Wildman–Crippen MR) is 57.9 cm³/mol. The summed E-state index contributed by atoms with van der Waals surface area (Å²) in [5.41, 5.74) is 0. The molecule has 1 N–H and O–H groups in total. The number of hydrogen-bond donors (Lipinski definition) is 1. The van der Waals surface area contributed by atoms with Crippen molar-refractivity contribution in [2.45, 2.75) is 32.2 Å². The molecule has 0 amide bonds. The Kier molecular flexibility index (Phi) is 3.50. The molecule has 1 atom stereocenters. The van der Waals surface area contributed by atoms with Gasteiger partial charge in [0, 0.05) is 12.5 Å². The Labute approximate surface area is 90.1 Å². The third-order valence-corrected chi connectivity index (χ3v) is 2.61. The summed E-state index contributed by atoms with van der Waals surface area (Å²) in [4.78, 5) is 8.37. The minimum absolute atomic E-state index is 0.496. The van der Waals surface area contributed by atoms with Crippen molar-refractivity contribution in [2.75, 3.05) is 13.2 Å². The molecule has 1 unspecified atom stereocenters. The number of hydrogen-bond acceptors (Lipinski definition) is 4. The monoisotopic (exact) mass is 207 g/mol. The van der Waals surface area contributed by atoms with Crippen molar-refractivity contribution in [3.05, 3.63) is 18.2 Å². The van der Waals surface area contributed by atoms with E-state index in [0.29, 0.717) is 6.04 Å². The molecule has 15 heavy (non-hydrogen) atoms. The summed E-state index contributed by atoms with van der Waals surface area (Å²) in [6, 6.07) is 0.496. The molecule has 0 saturated carbocycles. The van der Waals surface area contributed by atoms with Gasteiger partial charge in [-0.1, -0.05) is 6.92 Å². The number of ether oxygens (including phenoxy) is 1. The third-order valence-electron chi connectivity index (χ3n) is 2.61. The Hall–Kier alpha value is -1.16. The number of nitrogens with zero attached hydrogens (tertiary/aromatic N) is 2. The molecule has 2 heterocycles. The van der Waals surface area contributed by atoms with Gasteiger partial charge in [-0.15, -0.1) is 0 Å². The maximum Gasteiger partial charge on any atom is 0.155 e. The maximum atomic E-state index is 5.60. The summed E-state index contributed by atoms with van der Waals surface area (Å²) in [7, 11) is 0. The predicted octanol–water partition coefficient (Wildman–Crippen LogP) is 1.17. The quantitative estimate of drug-likeness (QED) is 0.805. The fourth-order valence-corrected chi connectivity index (χ4v) is 1.70. The fraction of sp³-hybridized carbons (Fsp3) is 0.636. The second-order valence-electron chi connectivity index (χ2n) is 3.79. The molecule has 2 rings (SSSR count). The molecule has 1 aliphatic rings. The molecule has 0 aromatic carbocycles. The molecule has 4 heteroatoms. The molecule has 0 bridgehead atoms. The number of aromatic nitrogens is 2. The van der Waals surface area contributed by atoms with Crippen molar-refractivity contribution in [1.82, 2.24) is 15.3 Å². The van der Waals surface area contributed by atoms with Crippen molar-refractivity contribution < 1.29 is 4.74 Å². The van der Waals surface area contributed by atoms with E-state index in [0.717, 1.165) is 31.1 Å². The lowest BCUT2D eigenvalue weighted by Crippen LogP contribution is -2.28. The Morgan fingerprint density at radius 3 is 2.87 bits per heavy atom. The molecular weight excluding hydrogens is 190 g/mol. The highest BCUT2D eigenvalue weighted by molar-refractivity contribution is 5.12. The van der Waals surface area contributed by atoms with Crippen molar-refractivity contribution in [3.8, 4) is 5.75 Å². The minimum atomic E-state index is 0.496. The van der Waals surface area contributed by atoms with Crippen LogP contribution in [0.25, 0.3) is 0 Å². The average molecular weight is 207 g/mol. The SMILES string of the molecule is CCc1ncc(OCC2CCCN2)cn1. The lowest BCUT2D eigenvalue weighted by molar-refractivity contribution is 0.275. The van der Waals surface area contributed by atoms with Crippen LogP contribution in [0, 0.1) is 0 Å². The fourth-order valence-electron chi connectivity index (χ4n) is 1.70. The first-order valence-electron chi connectivity index (χ1n) is 5.55. The molecular formula is C11H17N3O. The highest BCUT2D eigenvalue weighted by atomic mass is 16.5. The van der Waals surface area contributed by atoms with Gasteiger partial charge in [-0.25, -0.2) is 9.97 Å². The molecule has 0 spiro atoms. The van der Waals surface area contributed by atoms with Gasteiger partial charge in [-0.2, -0.15) is 0 Å². The van der Waals surface area contributed by atoms with Crippen LogP contribution >= 0.6 is 0 Å². The van der Waals surface area contributed by atoms with Gasteiger partial charge in [0.15, 0.2) is 5.75 Å². The lowest BCUT2D eigenvalue weighted by atomic mass is 10.2. The Bertz CT molecular complexity index is 293. The van der Waals surface area contributed by atoms with E-state index in [4.69, 9.17) is 4.74 Å². The summed E-state index contributed by atoms with van der Waals surface area (Å²) in [5.74, 6) is 1.63. The van der Waals surface area contributed by atoms with Crippen LogP contribution in [0.1, 0.15) is 25.6 Å². The summed E-state index contributed by atoms with van der Waals surface area (Å²) in [6.07, 6.45) is 6.82. The van der Waals surface area contributed by atoms with E-state index < -0.39 is 0 Å². The van der Waals surface area contributed by atoms with E-state index in [2.05, 4.69) is 15.3 Å². The molecule has 1 aliphatic heterocycles. The Morgan fingerprint density at radius 2 is 2.27 bits per heavy atom. The standard InChI is InChI=1S/C11H17N3O/c1-2-11-13-6-10(7-14-11)15-8-9-4-3-5-12-9/h6-7,9,12H,2-5,8H2,1H3. The zero-order valence-corrected chi connectivity index (χ0v) is 9.07. The van der Waals surface area contributed by atoms with Crippen LogP contribution in [0.3, 0.4) is 0 Å². The number of rotatable bonds is 4. The molecule has 0 radical (unpaired) electrons. The van der Waals surface area contributed by atoms with Crippen molar-refractivity contribution in [2.24, 2.45) is 0 Å². The molecule has 1 aromatic rings. The van der Waals surface area contributed by atoms with Gasteiger partial charge in [0.1, 0.15) is 12.4 Å². The van der Waals surface area contributed by atoms with Crippen LogP contribution in [-0.2, 0) is 6.42 Å². The van der Waals surface area contributed by atoms with Crippen LogP contribution in [0.5, 0.6) is 5.75 Å². The second-order valence-corrected chi connectivity index (χ2v) is 3.79. The normalized spacial score (nSPS) is 20.5. The molecule has 4 nitrogen and oxygen atoms in total. The van der Waals surface area contributed by atoms with Crippen LogP contribution in [0.15, 0.2) is 12.4 Å². The van der Waals surface area contributed by atoms with Gasteiger partial charge >= 0.3 is 0 Å². The molecule has 82 valence electrons. The van der Waals surface area contributed by atoms with Gasteiger partial charge < -0.3 is 10.1 Å². The van der Waals surface area contributed by atoms with Gasteiger partial charge in [0.25, 0.3) is 0 Å².